The van der Waals surface area contributed by atoms with E-state index in [1.807, 2.05) is 4.90 Å². The summed E-state index contributed by atoms with van der Waals surface area (Å²) in [5, 5.41) is 3.88. The number of carbonyl (C=O) groups excluding carboxylic acids is 1. The Kier molecular flexibility index (Phi) is 6.11. The molecule has 1 aliphatic carbocycles. The Morgan fingerprint density at radius 2 is 1.74 bits per heavy atom. The first-order chi connectivity index (χ1) is 13.2. The van der Waals surface area contributed by atoms with E-state index < -0.39 is 0 Å². The standard InChI is InChI=1S/C22H34N4O/c1-24-13-15-26(16-14-24)22(27)9-12-25-10-7-19(8-11-25)23-21-17-20(21)18-5-3-2-4-6-18/h2-6,19-21,23H,7-17H2,1H3/t20-,21+/m0/s1. The fourth-order valence-corrected chi connectivity index (χ4v) is 4.54. The van der Waals surface area contributed by atoms with Gasteiger partial charge in [0.25, 0.3) is 0 Å². The van der Waals surface area contributed by atoms with E-state index in [0.29, 0.717) is 30.3 Å². The molecule has 0 unspecified atom stereocenters. The number of nitrogens with one attached hydrogen (secondary N) is 1. The van der Waals surface area contributed by atoms with E-state index in [1.54, 1.807) is 0 Å². The van der Waals surface area contributed by atoms with Crippen molar-refractivity contribution < 1.29 is 4.79 Å². The van der Waals surface area contributed by atoms with Gasteiger partial charge in [-0.25, -0.2) is 0 Å². The van der Waals surface area contributed by atoms with Crippen molar-refractivity contribution in [3.05, 3.63) is 35.9 Å². The van der Waals surface area contributed by atoms with Crippen LogP contribution in [0, 0.1) is 0 Å². The van der Waals surface area contributed by atoms with Crippen LogP contribution in [-0.2, 0) is 4.79 Å². The van der Waals surface area contributed by atoms with Gasteiger partial charge in [-0.1, -0.05) is 30.3 Å². The van der Waals surface area contributed by atoms with Gasteiger partial charge in [0.05, 0.1) is 0 Å². The summed E-state index contributed by atoms with van der Waals surface area (Å²) >= 11 is 0. The summed E-state index contributed by atoms with van der Waals surface area (Å²) in [7, 11) is 2.13. The maximum absolute atomic E-state index is 12.4. The molecule has 1 amide bonds. The Labute approximate surface area is 163 Å². The number of hydrogen-bond acceptors (Lipinski definition) is 4. The van der Waals surface area contributed by atoms with Crippen LogP contribution in [-0.4, -0.2) is 85.6 Å². The summed E-state index contributed by atoms with van der Waals surface area (Å²) in [5.41, 5.74) is 1.48. The molecule has 27 heavy (non-hydrogen) atoms. The van der Waals surface area contributed by atoms with Gasteiger partial charge >= 0.3 is 0 Å². The van der Waals surface area contributed by atoms with Gasteiger partial charge < -0.3 is 20.0 Å². The van der Waals surface area contributed by atoms with Gasteiger partial charge in [0.2, 0.25) is 5.91 Å². The molecule has 3 fully saturated rings. The molecule has 0 bridgehead atoms. The first kappa shape index (κ1) is 18.9. The van der Waals surface area contributed by atoms with Crippen LogP contribution < -0.4 is 5.32 Å². The van der Waals surface area contributed by atoms with Crippen molar-refractivity contribution in [1.29, 1.82) is 0 Å². The van der Waals surface area contributed by atoms with Crippen molar-refractivity contribution in [2.24, 2.45) is 0 Å². The molecule has 0 radical (unpaired) electrons. The molecule has 0 aromatic heterocycles. The molecule has 148 valence electrons. The summed E-state index contributed by atoms with van der Waals surface area (Å²) in [4.78, 5) is 19.2. The Bertz CT molecular complexity index is 606. The molecule has 1 aromatic carbocycles. The van der Waals surface area contributed by atoms with Crippen LogP contribution in [0.1, 0.15) is 37.2 Å². The van der Waals surface area contributed by atoms with Crippen molar-refractivity contribution in [3.63, 3.8) is 0 Å². The summed E-state index contributed by atoms with van der Waals surface area (Å²) in [6, 6.07) is 12.2. The summed E-state index contributed by atoms with van der Waals surface area (Å²) in [5.74, 6) is 1.05. The fraction of sp³-hybridized carbons (Fsp3) is 0.682. The van der Waals surface area contributed by atoms with Crippen molar-refractivity contribution in [2.45, 2.75) is 43.7 Å². The van der Waals surface area contributed by atoms with Crippen LogP contribution in [0.3, 0.4) is 0 Å². The number of hydrogen-bond donors (Lipinski definition) is 1. The fourth-order valence-electron chi connectivity index (χ4n) is 4.54. The average Bonchev–Trinajstić information content (AvgIpc) is 3.47. The van der Waals surface area contributed by atoms with Crippen LogP contribution in [0.25, 0.3) is 0 Å². The number of piperidine rings is 1. The van der Waals surface area contributed by atoms with E-state index in [2.05, 4.69) is 52.5 Å². The molecule has 2 aliphatic heterocycles. The van der Waals surface area contributed by atoms with Gasteiger partial charge in [0.15, 0.2) is 0 Å². The molecule has 0 spiro atoms. The second-order valence-electron chi connectivity index (χ2n) is 8.58. The van der Waals surface area contributed by atoms with Gasteiger partial charge in [-0.05, 0) is 45.0 Å². The molecule has 3 aliphatic rings. The number of likely N-dealkylation sites (tertiary alicyclic amines) is 1. The normalized spacial score (nSPS) is 27.7. The highest BCUT2D eigenvalue weighted by Gasteiger charge is 2.39. The minimum atomic E-state index is 0.340. The SMILES string of the molecule is CN1CCN(C(=O)CCN2CCC(N[C@@H]3C[C@H]3c3ccccc3)CC2)CC1. The zero-order valence-electron chi connectivity index (χ0n) is 16.6. The van der Waals surface area contributed by atoms with Crippen LogP contribution in [0.5, 0.6) is 0 Å². The first-order valence-corrected chi connectivity index (χ1v) is 10.7. The average molecular weight is 371 g/mol. The Morgan fingerprint density at radius 3 is 2.44 bits per heavy atom. The van der Waals surface area contributed by atoms with Gasteiger partial charge in [-0.15, -0.1) is 0 Å². The lowest BCUT2D eigenvalue weighted by Gasteiger charge is -2.35. The Hall–Kier alpha value is -1.43. The van der Waals surface area contributed by atoms with E-state index in [1.165, 1.54) is 24.8 Å². The predicted molar refractivity (Wildman–Crippen MR) is 109 cm³/mol. The van der Waals surface area contributed by atoms with Crippen LogP contribution in [0.4, 0.5) is 0 Å². The second kappa shape index (κ2) is 8.72. The van der Waals surface area contributed by atoms with Crippen LogP contribution >= 0.6 is 0 Å². The zero-order chi connectivity index (χ0) is 18.6. The number of benzene rings is 1. The molecule has 4 rings (SSSR count). The first-order valence-electron chi connectivity index (χ1n) is 10.7. The molecular formula is C22H34N4O. The molecule has 5 nitrogen and oxygen atoms in total. The monoisotopic (exact) mass is 370 g/mol. The molecule has 1 N–H and O–H groups in total. The van der Waals surface area contributed by atoms with Crippen molar-refractivity contribution in [1.82, 2.24) is 20.0 Å². The summed E-state index contributed by atoms with van der Waals surface area (Å²) in [6.07, 6.45) is 4.38. The third-order valence-electron chi connectivity index (χ3n) is 6.55. The van der Waals surface area contributed by atoms with Crippen LogP contribution in [0.2, 0.25) is 0 Å². The van der Waals surface area contributed by atoms with Gasteiger partial charge in [-0.2, -0.15) is 0 Å². The summed E-state index contributed by atoms with van der Waals surface area (Å²) in [6.45, 7) is 6.97. The number of piperazine rings is 1. The highest BCUT2D eigenvalue weighted by atomic mass is 16.2. The molecular weight excluding hydrogens is 336 g/mol. The number of carbonyl (C=O) groups is 1. The largest absolute Gasteiger partial charge is 0.340 e. The number of rotatable bonds is 6. The van der Waals surface area contributed by atoms with E-state index in [0.717, 1.165) is 45.8 Å². The van der Waals surface area contributed by atoms with E-state index >= 15 is 0 Å². The zero-order valence-corrected chi connectivity index (χ0v) is 16.6. The van der Waals surface area contributed by atoms with Crippen molar-refractivity contribution >= 4 is 5.91 Å². The van der Waals surface area contributed by atoms with E-state index in [4.69, 9.17) is 0 Å². The van der Waals surface area contributed by atoms with Crippen molar-refractivity contribution in [2.75, 3.05) is 52.9 Å². The molecule has 5 heteroatoms. The lowest BCUT2D eigenvalue weighted by molar-refractivity contribution is -0.133. The molecule has 1 aromatic rings. The Balaban J connectivity index is 1.12. The maximum Gasteiger partial charge on any atom is 0.223 e. The number of nitrogens with zero attached hydrogens (tertiary/aromatic N) is 3. The third-order valence-corrected chi connectivity index (χ3v) is 6.55. The number of amides is 1. The highest BCUT2D eigenvalue weighted by Crippen LogP contribution is 2.41. The van der Waals surface area contributed by atoms with Crippen LogP contribution in [0.15, 0.2) is 30.3 Å². The summed E-state index contributed by atoms with van der Waals surface area (Å²) < 4.78 is 0. The quantitative estimate of drug-likeness (QED) is 0.828. The minimum Gasteiger partial charge on any atom is -0.340 e. The van der Waals surface area contributed by atoms with Gasteiger partial charge in [0, 0.05) is 57.1 Å². The molecule has 2 saturated heterocycles. The molecule has 2 heterocycles. The topological polar surface area (TPSA) is 38.8 Å². The Morgan fingerprint density at radius 1 is 1.04 bits per heavy atom. The van der Waals surface area contributed by atoms with Gasteiger partial charge in [0.1, 0.15) is 0 Å². The lowest BCUT2D eigenvalue weighted by Crippen LogP contribution is -2.48. The third kappa shape index (κ3) is 5.09. The van der Waals surface area contributed by atoms with E-state index in [-0.39, 0.29) is 0 Å². The van der Waals surface area contributed by atoms with Gasteiger partial charge in [-0.3, -0.25) is 4.79 Å². The van der Waals surface area contributed by atoms with Crippen molar-refractivity contribution in [3.8, 4) is 0 Å². The smallest absolute Gasteiger partial charge is 0.223 e. The number of likely N-dealkylation sites (N-methyl/N-ethyl adjacent to an activating group) is 1. The molecule has 1 saturated carbocycles. The minimum absolute atomic E-state index is 0.340. The van der Waals surface area contributed by atoms with E-state index in [9.17, 15) is 4.79 Å². The molecule has 2 atom stereocenters. The lowest BCUT2D eigenvalue weighted by atomic mass is 10.0. The maximum atomic E-state index is 12.4. The predicted octanol–water partition coefficient (Wildman–Crippen LogP) is 1.76. The second-order valence-corrected chi connectivity index (χ2v) is 8.58. The highest BCUT2D eigenvalue weighted by molar-refractivity contribution is 5.76.